The zero-order chi connectivity index (χ0) is 12.8. The van der Waals surface area contributed by atoms with Gasteiger partial charge in [-0.05, 0) is 45.0 Å². The minimum Gasteiger partial charge on any atom is -0.399 e. The summed E-state index contributed by atoms with van der Waals surface area (Å²) in [6.07, 6.45) is 0.308. The van der Waals surface area contributed by atoms with E-state index >= 15 is 0 Å². The van der Waals surface area contributed by atoms with Crippen LogP contribution in [-0.2, 0) is 11.3 Å². The molecule has 0 amide bonds. The summed E-state index contributed by atoms with van der Waals surface area (Å²) in [5.74, 6) is 0. The van der Waals surface area contributed by atoms with Crippen molar-refractivity contribution in [2.75, 3.05) is 25.9 Å². The molecule has 0 saturated heterocycles. The first-order chi connectivity index (χ1) is 7.99. The first-order valence-corrected chi connectivity index (χ1v) is 6.14. The SMILES string of the molecule is Cc1cc(CN(C)CCOC(C)C)ccc1N. The second-order valence-electron chi connectivity index (χ2n) is 4.85. The van der Waals surface area contributed by atoms with E-state index in [1.165, 1.54) is 5.56 Å². The van der Waals surface area contributed by atoms with Crippen molar-refractivity contribution in [2.24, 2.45) is 0 Å². The number of likely N-dealkylation sites (N-methyl/N-ethyl adjacent to an activating group) is 1. The van der Waals surface area contributed by atoms with Crippen LogP contribution in [0.2, 0.25) is 0 Å². The highest BCUT2D eigenvalue weighted by atomic mass is 16.5. The van der Waals surface area contributed by atoms with Gasteiger partial charge in [-0.1, -0.05) is 12.1 Å². The smallest absolute Gasteiger partial charge is 0.0596 e. The maximum Gasteiger partial charge on any atom is 0.0596 e. The number of anilines is 1. The zero-order valence-corrected chi connectivity index (χ0v) is 11.4. The van der Waals surface area contributed by atoms with Crippen LogP contribution in [0.4, 0.5) is 5.69 Å². The van der Waals surface area contributed by atoms with Gasteiger partial charge in [0.15, 0.2) is 0 Å². The highest BCUT2D eigenvalue weighted by molar-refractivity contribution is 5.47. The normalized spacial score (nSPS) is 11.4. The second-order valence-corrected chi connectivity index (χ2v) is 4.85. The van der Waals surface area contributed by atoms with E-state index in [9.17, 15) is 0 Å². The molecule has 2 N–H and O–H groups in total. The monoisotopic (exact) mass is 236 g/mol. The van der Waals surface area contributed by atoms with Gasteiger partial charge in [-0.3, -0.25) is 4.90 Å². The van der Waals surface area contributed by atoms with Crippen molar-refractivity contribution in [3.63, 3.8) is 0 Å². The Morgan fingerprint density at radius 1 is 1.35 bits per heavy atom. The standard InChI is InChI=1S/C14H24N2O/c1-11(2)17-8-7-16(4)10-13-5-6-14(15)12(3)9-13/h5-6,9,11H,7-8,10,15H2,1-4H3. The third kappa shape index (κ3) is 5.20. The van der Waals surface area contributed by atoms with Gasteiger partial charge in [0, 0.05) is 18.8 Å². The lowest BCUT2D eigenvalue weighted by Gasteiger charge is -2.18. The Bertz CT molecular complexity index is 350. The lowest BCUT2D eigenvalue weighted by atomic mass is 10.1. The fourth-order valence-electron chi connectivity index (χ4n) is 1.67. The van der Waals surface area contributed by atoms with E-state index in [0.717, 1.165) is 30.9 Å². The Morgan fingerprint density at radius 2 is 2.06 bits per heavy atom. The van der Waals surface area contributed by atoms with Gasteiger partial charge >= 0.3 is 0 Å². The predicted octanol–water partition coefficient (Wildman–Crippen LogP) is 2.43. The number of ether oxygens (including phenoxy) is 1. The Labute approximate surface area is 105 Å². The van der Waals surface area contributed by atoms with Crippen molar-refractivity contribution >= 4 is 5.69 Å². The van der Waals surface area contributed by atoms with Crippen molar-refractivity contribution < 1.29 is 4.74 Å². The largest absolute Gasteiger partial charge is 0.399 e. The van der Waals surface area contributed by atoms with Crippen molar-refractivity contribution in [1.29, 1.82) is 0 Å². The summed E-state index contributed by atoms with van der Waals surface area (Å²) >= 11 is 0. The van der Waals surface area contributed by atoms with Crippen LogP contribution in [0.5, 0.6) is 0 Å². The van der Waals surface area contributed by atoms with Crippen LogP contribution in [0.1, 0.15) is 25.0 Å². The summed E-state index contributed by atoms with van der Waals surface area (Å²) in [5, 5.41) is 0. The molecular formula is C14H24N2O. The molecular weight excluding hydrogens is 212 g/mol. The third-order valence-electron chi connectivity index (χ3n) is 2.71. The van der Waals surface area contributed by atoms with Crippen LogP contribution in [0.3, 0.4) is 0 Å². The molecule has 0 radical (unpaired) electrons. The van der Waals surface area contributed by atoms with Gasteiger partial charge in [0.05, 0.1) is 12.7 Å². The number of nitrogens with two attached hydrogens (primary N) is 1. The topological polar surface area (TPSA) is 38.5 Å². The quantitative estimate of drug-likeness (QED) is 0.771. The van der Waals surface area contributed by atoms with E-state index in [1.807, 2.05) is 13.0 Å². The molecule has 1 aromatic rings. The van der Waals surface area contributed by atoms with E-state index in [4.69, 9.17) is 10.5 Å². The zero-order valence-electron chi connectivity index (χ0n) is 11.4. The molecule has 0 heterocycles. The lowest BCUT2D eigenvalue weighted by molar-refractivity contribution is 0.0627. The number of rotatable bonds is 6. The number of hydrogen-bond donors (Lipinski definition) is 1. The highest BCUT2D eigenvalue weighted by Crippen LogP contribution is 2.13. The van der Waals surface area contributed by atoms with Gasteiger partial charge in [-0.15, -0.1) is 0 Å². The Hall–Kier alpha value is -1.06. The first-order valence-electron chi connectivity index (χ1n) is 6.14. The van der Waals surface area contributed by atoms with Crippen LogP contribution in [0.15, 0.2) is 18.2 Å². The summed E-state index contributed by atoms with van der Waals surface area (Å²) in [6, 6.07) is 6.21. The van der Waals surface area contributed by atoms with Gasteiger partial charge in [-0.2, -0.15) is 0 Å². The van der Waals surface area contributed by atoms with Crippen molar-refractivity contribution in [1.82, 2.24) is 4.90 Å². The average molecular weight is 236 g/mol. The molecule has 17 heavy (non-hydrogen) atoms. The van der Waals surface area contributed by atoms with Crippen LogP contribution < -0.4 is 5.73 Å². The maximum atomic E-state index is 5.80. The van der Waals surface area contributed by atoms with Gasteiger partial charge in [-0.25, -0.2) is 0 Å². The molecule has 0 bridgehead atoms. The fraction of sp³-hybridized carbons (Fsp3) is 0.571. The number of benzene rings is 1. The Morgan fingerprint density at radius 3 is 2.65 bits per heavy atom. The van der Waals surface area contributed by atoms with Crippen molar-refractivity contribution in [2.45, 2.75) is 33.4 Å². The molecule has 96 valence electrons. The van der Waals surface area contributed by atoms with Gasteiger partial charge in [0.1, 0.15) is 0 Å². The number of aryl methyl sites for hydroxylation is 1. The summed E-state index contributed by atoms with van der Waals surface area (Å²) in [6.45, 7) is 8.82. The van der Waals surface area contributed by atoms with Crippen molar-refractivity contribution in [3.8, 4) is 0 Å². The molecule has 0 aliphatic heterocycles. The first kappa shape index (κ1) is 14.0. The van der Waals surface area contributed by atoms with E-state index < -0.39 is 0 Å². The average Bonchev–Trinajstić information content (AvgIpc) is 2.23. The highest BCUT2D eigenvalue weighted by Gasteiger charge is 2.02. The number of nitrogen functional groups attached to an aromatic ring is 1. The molecule has 0 unspecified atom stereocenters. The predicted molar refractivity (Wildman–Crippen MR) is 73.0 cm³/mol. The van der Waals surface area contributed by atoms with Crippen LogP contribution in [0.25, 0.3) is 0 Å². The van der Waals surface area contributed by atoms with E-state index in [1.54, 1.807) is 0 Å². The van der Waals surface area contributed by atoms with Crippen LogP contribution in [0, 0.1) is 6.92 Å². The summed E-state index contributed by atoms with van der Waals surface area (Å²) in [7, 11) is 2.11. The molecule has 0 aromatic heterocycles. The molecule has 0 saturated carbocycles. The summed E-state index contributed by atoms with van der Waals surface area (Å²) in [5.41, 5.74) is 9.10. The molecule has 3 nitrogen and oxygen atoms in total. The molecule has 1 rings (SSSR count). The third-order valence-corrected chi connectivity index (χ3v) is 2.71. The van der Waals surface area contributed by atoms with Crippen LogP contribution in [-0.4, -0.2) is 31.2 Å². The summed E-state index contributed by atoms with van der Waals surface area (Å²) in [4.78, 5) is 2.26. The molecule has 3 heteroatoms. The maximum absolute atomic E-state index is 5.80. The molecule has 0 aliphatic carbocycles. The van der Waals surface area contributed by atoms with Crippen LogP contribution >= 0.6 is 0 Å². The Kier molecular flexibility index (Phi) is 5.45. The van der Waals surface area contributed by atoms with Gasteiger partial charge in [0.25, 0.3) is 0 Å². The van der Waals surface area contributed by atoms with E-state index in [0.29, 0.717) is 6.10 Å². The van der Waals surface area contributed by atoms with Crippen molar-refractivity contribution in [3.05, 3.63) is 29.3 Å². The minimum absolute atomic E-state index is 0.308. The van der Waals surface area contributed by atoms with E-state index in [-0.39, 0.29) is 0 Å². The van der Waals surface area contributed by atoms with Gasteiger partial charge in [0.2, 0.25) is 0 Å². The Balaban J connectivity index is 2.39. The molecule has 0 aliphatic rings. The number of hydrogen-bond acceptors (Lipinski definition) is 3. The lowest BCUT2D eigenvalue weighted by Crippen LogP contribution is -2.24. The fourth-order valence-corrected chi connectivity index (χ4v) is 1.67. The molecule has 0 fully saturated rings. The molecule has 0 atom stereocenters. The minimum atomic E-state index is 0.308. The van der Waals surface area contributed by atoms with E-state index in [2.05, 4.69) is 37.9 Å². The molecule has 1 aromatic carbocycles. The van der Waals surface area contributed by atoms with Gasteiger partial charge < -0.3 is 10.5 Å². The second kappa shape index (κ2) is 6.62. The number of nitrogens with zero attached hydrogens (tertiary/aromatic N) is 1. The summed E-state index contributed by atoms with van der Waals surface area (Å²) < 4.78 is 5.53. The molecule has 0 spiro atoms.